The van der Waals surface area contributed by atoms with Crippen molar-refractivity contribution in [3.8, 4) is 0 Å². The molecule has 0 fully saturated rings. The Morgan fingerprint density at radius 1 is 1.29 bits per heavy atom. The van der Waals surface area contributed by atoms with Gasteiger partial charge in [0.05, 0.1) is 17.2 Å². The number of rotatable bonds is 5. The predicted molar refractivity (Wildman–Crippen MR) is 101 cm³/mol. The van der Waals surface area contributed by atoms with Crippen molar-refractivity contribution in [2.45, 2.75) is 18.7 Å². The Labute approximate surface area is 161 Å². The van der Waals surface area contributed by atoms with Crippen LogP contribution < -0.4 is 4.31 Å². The molecule has 8 nitrogen and oxygen atoms in total. The number of anilines is 1. The monoisotopic (exact) mass is 406 g/mol. The van der Waals surface area contributed by atoms with Crippen LogP contribution in [0.1, 0.15) is 23.1 Å². The van der Waals surface area contributed by atoms with Crippen molar-refractivity contribution in [1.82, 2.24) is 14.5 Å². The van der Waals surface area contributed by atoms with E-state index in [0.717, 1.165) is 28.6 Å². The van der Waals surface area contributed by atoms with Gasteiger partial charge in [-0.15, -0.1) is 0 Å². The molecule has 0 spiro atoms. The first-order valence-electron chi connectivity index (χ1n) is 8.42. The lowest BCUT2D eigenvalue weighted by atomic mass is 10.2. The summed E-state index contributed by atoms with van der Waals surface area (Å²) in [5.74, 6) is -0.672. The van der Waals surface area contributed by atoms with Crippen LogP contribution in [0.3, 0.4) is 0 Å². The second-order valence-electron chi connectivity index (χ2n) is 6.06. The topological polar surface area (TPSA) is 94.4 Å². The Hall–Kier alpha value is -3.01. The minimum Gasteiger partial charge on any atom is -0.462 e. The van der Waals surface area contributed by atoms with Crippen LogP contribution in [-0.2, 0) is 21.8 Å². The number of halogens is 1. The van der Waals surface area contributed by atoms with Gasteiger partial charge in [0, 0.05) is 20.3 Å². The molecule has 1 aromatic carbocycles. The second-order valence-corrected chi connectivity index (χ2v) is 8.03. The molecule has 0 aliphatic rings. The summed E-state index contributed by atoms with van der Waals surface area (Å²) in [5.41, 5.74) is 0.692. The van der Waals surface area contributed by atoms with E-state index in [9.17, 15) is 17.6 Å². The van der Waals surface area contributed by atoms with Gasteiger partial charge in [-0.05, 0) is 38.1 Å². The van der Waals surface area contributed by atoms with E-state index in [1.54, 1.807) is 25.5 Å². The zero-order chi connectivity index (χ0) is 20.6. The number of carbonyl (C=O) groups is 1. The van der Waals surface area contributed by atoms with Crippen LogP contribution >= 0.6 is 0 Å². The Morgan fingerprint density at radius 2 is 1.93 bits per heavy atom. The average molecular weight is 406 g/mol. The van der Waals surface area contributed by atoms with Crippen molar-refractivity contribution in [3.63, 3.8) is 0 Å². The van der Waals surface area contributed by atoms with Crippen molar-refractivity contribution in [1.29, 1.82) is 0 Å². The van der Waals surface area contributed by atoms with Gasteiger partial charge >= 0.3 is 5.97 Å². The van der Waals surface area contributed by atoms with Gasteiger partial charge in [0.15, 0.2) is 5.65 Å². The number of fused-ring (bicyclic) bond motifs is 1. The summed E-state index contributed by atoms with van der Waals surface area (Å²) in [6.07, 6.45) is 1.27. The maximum atomic E-state index is 13.2. The van der Waals surface area contributed by atoms with E-state index in [4.69, 9.17) is 4.74 Å². The minimum absolute atomic E-state index is 0.0272. The lowest BCUT2D eigenvalue weighted by molar-refractivity contribution is 0.0527. The first-order valence-corrected chi connectivity index (χ1v) is 9.86. The van der Waals surface area contributed by atoms with Crippen molar-refractivity contribution in [2.24, 2.45) is 7.05 Å². The van der Waals surface area contributed by atoms with Crippen LogP contribution in [0.25, 0.3) is 11.2 Å². The number of nitrogens with zero attached hydrogens (tertiary/aromatic N) is 4. The Bertz CT molecular complexity index is 1160. The van der Waals surface area contributed by atoms with Crippen molar-refractivity contribution in [3.05, 3.63) is 47.7 Å². The number of sulfonamides is 1. The molecular weight excluding hydrogens is 387 g/mol. The summed E-state index contributed by atoms with van der Waals surface area (Å²) >= 11 is 0. The van der Waals surface area contributed by atoms with Crippen molar-refractivity contribution < 1.29 is 22.3 Å². The van der Waals surface area contributed by atoms with Crippen LogP contribution in [0, 0.1) is 12.7 Å². The van der Waals surface area contributed by atoms with Crippen LogP contribution in [-0.4, -0.2) is 42.6 Å². The Balaban J connectivity index is 2.26. The second kappa shape index (κ2) is 7.19. The van der Waals surface area contributed by atoms with E-state index in [1.165, 1.54) is 13.2 Å². The van der Waals surface area contributed by atoms with Crippen LogP contribution in [0.4, 0.5) is 10.1 Å². The maximum absolute atomic E-state index is 13.2. The highest BCUT2D eigenvalue weighted by atomic mass is 32.2. The fraction of sp³-hybridized carbons (Fsp3) is 0.278. The van der Waals surface area contributed by atoms with Gasteiger partial charge in [-0.25, -0.2) is 27.6 Å². The number of carbonyl (C=O) groups excluding carboxylic acids is 1. The molecule has 0 aliphatic carbocycles. The first-order chi connectivity index (χ1) is 13.2. The number of aryl methyl sites for hydroxylation is 2. The van der Waals surface area contributed by atoms with E-state index in [1.807, 2.05) is 0 Å². The summed E-state index contributed by atoms with van der Waals surface area (Å²) in [5, 5.41) is 0. The van der Waals surface area contributed by atoms with Crippen molar-refractivity contribution in [2.75, 3.05) is 18.0 Å². The summed E-state index contributed by atoms with van der Waals surface area (Å²) in [6, 6.07) is 4.43. The van der Waals surface area contributed by atoms with Crippen LogP contribution in [0.2, 0.25) is 0 Å². The lowest BCUT2D eigenvalue weighted by Crippen LogP contribution is -2.29. The third-order valence-electron chi connectivity index (χ3n) is 4.37. The number of ether oxygens (including phenoxy) is 1. The highest BCUT2D eigenvalue weighted by Gasteiger charge is 2.30. The molecule has 0 saturated carbocycles. The van der Waals surface area contributed by atoms with Crippen molar-refractivity contribution >= 4 is 32.8 Å². The SMILES string of the molecule is CCOC(=O)c1cnc2c(nc(C)n2C)c1N(C)S(=O)(=O)c1ccc(F)cc1. The van der Waals surface area contributed by atoms with E-state index in [-0.39, 0.29) is 28.3 Å². The van der Waals surface area contributed by atoms with E-state index in [0.29, 0.717) is 11.5 Å². The van der Waals surface area contributed by atoms with Gasteiger partial charge in [0.25, 0.3) is 10.0 Å². The fourth-order valence-electron chi connectivity index (χ4n) is 2.78. The smallest absolute Gasteiger partial charge is 0.341 e. The summed E-state index contributed by atoms with van der Waals surface area (Å²) in [7, 11) is -1.05. The summed E-state index contributed by atoms with van der Waals surface area (Å²) < 4.78 is 47.1. The zero-order valence-corrected chi connectivity index (χ0v) is 16.6. The fourth-order valence-corrected chi connectivity index (χ4v) is 4.00. The molecule has 0 aliphatic heterocycles. The van der Waals surface area contributed by atoms with Gasteiger partial charge < -0.3 is 9.30 Å². The molecule has 3 rings (SSSR count). The third kappa shape index (κ3) is 3.19. The summed E-state index contributed by atoms with van der Waals surface area (Å²) in [4.78, 5) is 21.0. The molecule has 3 aromatic rings. The number of imidazole rings is 1. The van der Waals surface area contributed by atoms with Crippen LogP contribution in [0.5, 0.6) is 0 Å². The standard InChI is InChI=1S/C18H19FN4O4S/c1-5-27-18(24)14-10-20-17-15(21-11(2)22(17)3)16(14)23(4)28(25,26)13-8-6-12(19)7-9-13/h6-10H,5H2,1-4H3. The number of esters is 1. The number of hydrogen-bond donors (Lipinski definition) is 0. The molecule has 2 aromatic heterocycles. The van der Waals surface area contributed by atoms with E-state index >= 15 is 0 Å². The summed E-state index contributed by atoms with van der Waals surface area (Å²) in [6.45, 7) is 3.50. The molecule has 0 bridgehead atoms. The molecule has 0 atom stereocenters. The van der Waals surface area contributed by atoms with E-state index in [2.05, 4.69) is 9.97 Å². The molecule has 0 amide bonds. The normalized spacial score (nSPS) is 11.6. The lowest BCUT2D eigenvalue weighted by Gasteiger charge is -2.22. The molecule has 2 heterocycles. The minimum atomic E-state index is -4.09. The van der Waals surface area contributed by atoms with Gasteiger partial charge in [-0.1, -0.05) is 0 Å². The number of aromatic nitrogens is 3. The van der Waals surface area contributed by atoms with Gasteiger partial charge in [0.1, 0.15) is 22.7 Å². The Morgan fingerprint density at radius 3 is 2.54 bits per heavy atom. The average Bonchev–Trinajstić information content (AvgIpc) is 2.95. The number of pyridine rings is 1. The van der Waals surface area contributed by atoms with Gasteiger partial charge in [-0.3, -0.25) is 4.31 Å². The molecular formula is C18H19FN4O4S. The molecule has 0 N–H and O–H groups in total. The number of hydrogen-bond acceptors (Lipinski definition) is 6. The number of benzene rings is 1. The maximum Gasteiger partial charge on any atom is 0.341 e. The molecule has 0 saturated heterocycles. The highest BCUT2D eigenvalue weighted by molar-refractivity contribution is 7.92. The van der Waals surface area contributed by atoms with Gasteiger partial charge in [0.2, 0.25) is 0 Å². The predicted octanol–water partition coefficient (Wildman–Crippen LogP) is 2.42. The Kier molecular flexibility index (Phi) is 5.07. The largest absolute Gasteiger partial charge is 0.462 e. The first kappa shape index (κ1) is 19.7. The molecule has 0 unspecified atom stereocenters. The molecule has 10 heteroatoms. The quantitative estimate of drug-likeness (QED) is 0.604. The zero-order valence-electron chi connectivity index (χ0n) is 15.8. The molecule has 148 valence electrons. The van der Waals surface area contributed by atoms with E-state index < -0.39 is 21.8 Å². The molecule has 0 radical (unpaired) electrons. The van der Waals surface area contributed by atoms with Crippen LogP contribution in [0.15, 0.2) is 35.4 Å². The highest BCUT2D eigenvalue weighted by Crippen LogP contribution is 2.32. The van der Waals surface area contributed by atoms with Gasteiger partial charge in [-0.2, -0.15) is 0 Å². The third-order valence-corrected chi connectivity index (χ3v) is 6.14. The molecule has 28 heavy (non-hydrogen) atoms.